The van der Waals surface area contributed by atoms with Gasteiger partial charge in [0.05, 0.1) is 19.8 Å². The van der Waals surface area contributed by atoms with Crippen LogP contribution in [0.5, 0.6) is 0 Å². The van der Waals surface area contributed by atoms with Crippen molar-refractivity contribution in [3.05, 3.63) is 33.8 Å². The highest BCUT2D eigenvalue weighted by atomic mass is 79.9. The number of carboxylic acids is 1. The first-order chi connectivity index (χ1) is 12.9. The molecule has 3 heterocycles. The van der Waals surface area contributed by atoms with E-state index < -0.39 is 23.7 Å². The van der Waals surface area contributed by atoms with E-state index in [0.29, 0.717) is 31.7 Å². The molecule has 9 heteroatoms. The number of hydrogen-bond donors (Lipinski definition) is 1. The van der Waals surface area contributed by atoms with Crippen LogP contribution in [-0.2, 0) is 25.5 Å². The molecular formula is C18H19BrN2O6. The number of hydrogen-bond acceptors (Lipinski definition) is 5. The Kier molecular flexibility index (Phi) is 4.69. The number of halogens is 1. The molecule has 0 aliphatic carbocycles. The third-order valence-electron chi connectivity index (χ3n) is 5.27. The second-order valence-electron chi connectivity index (χ2n) is 6.97. The standard InChI is InChI=1S/C18H19BrN2O6/c19-12-1-2-13-11(7-12)3-4-20(16(13)23)9-15(22)21-10-18(26-5-6-27-18)8-14(21)17(24)25/h1-2,7,14H,3-6,8-10H2,(H,24,25)/t14-/m0/s1. The maximum absolute atomic E-state index is 12.8. The van der Waals surface area contributed by atoms with Gasteiger partial charge in [-0.25, -0.2) is 4.79 Å². The zero-order chi connectivity index (χ0) is 19.2. The van der Waals surface area contributed by atoms with E-state index in [0.717, 1.165) is 10.0 Å². The zero-order valence-corrected chi connectivity index (χ0v) is 16.1. The smallest absolute Gasteiger partial charge is 0.326 e. The average molecular weight is 439 g/mol. The summed E-state index contributed by atoms with van der Waals surface area (Å²) in [4.78, 5) is 39.9. The van der Waals surface area contributed by atoms with Crippen LogP contribution in [-0.4, -0.2) is 77.4 Å². The molecule has 144 valence electrons. The number of carboxylic acid groups (broad SMARTS) is 1. The van der Waals surface area contributed by atoms with E-state index in [1.807, 2.05) is 6.07 Å². The molecule has 1 N–H and O–H groups in total. The van der Waals surface area contributed by atoms with Crippen molar-refractivity contribution in [3.63, 3.8) is 0 Å². The van der Waals surface area contributed by atoms with Crippen LogP contribution in [0.1, 0.15) is 22.3 Å². The van der Waals surface area contributed by atoms with Crippen molar-refractivity contribution in [2.75, 3.05) is 32.8 Å². The molecule has 4 rings (SSSR count). The fourth-order valence-electron chi connectivity index (χ4n) is 3.94. The molecule has 1 atom stereocenters. The van der Waals surface area contributed by atoms with Crippen molar-refractivity contribution in [2.45, 2.75) is 24.7 Å². The van der Waals surface area contributed by atoms with Gasteiger partial charge in [-0.05, 0) is 30.2 Å². The summed E-state index contributed by atoms with van der Waals surface area (Å²) in [5.74, 6) is -2.76. The Morgan fingerprint density at radius 3 is 2.74 bits per heavy atom. The monoisotopic (exact) mass is 438 g/mol. The highest BCUT2D eigenvalue weighted by Crippen LogP contribution is 2.35. The number of amides is 2. The predicted molar refractivity (Wildman–Crippen MR) is 96.1 cm³/mol. The Morgan fingerprint density at radius 1 is 1.30 bits per heavy atom. The van der Waals surface area contributed by atoms with Gasteiger partial charge >= 0.3 is 5.97 Å². The third kappa shape index (κ3) is 3.35. The van der Waals surface area contributed by atoms with Crippen LogP contribution in [0.3, 0.4) is 0 Å². The number of ether oxygens (including phenoxy) is 2. The van der Waals surface area contributed by atoms with Crippen LogP contribution >= 0.6 is 15.9 Å². The van der Waals surface area contributed by atoms with Gasteiger partial charge in [0.2, 0.25) is 5.91 Å². The first kappa shape index (κ1) is 18.4. The number of rotatable bonds is 3. The highest BCUT2D eigenvalue weighted by Gasteiger charge is 2.52. The number of nitrogens with zero attached hydrogens (tertiary/aromatic N) is 2. The van der Waals surface area contributed by atoms with Gasteiger partial charge in [0.1, 0.15) is 12.6 Å². The van der Waals surface area contributed by atoms with Gasteiger partial charge < -0.3 is 24.4 Å². The number of fused-ring (bicyclic) bond motifs is 1. The molecule has 0 saturated carbocycles. The van der Waals surface area contributed by atoms with E-state index in [2.05, 4.69) is 15.9 Å². The predicted octanol–water partition coefficient (Wildman–Crippen LogP) is 0.876. The number of carbonyl (C=O) groups excluding carboxylic acids is 2. The van der Waals surface area contributed by atoms with Crippen molar-refractivity contribution < 1.29 is 29.0 Å². The molecule has 1 aromatic carbocycles. The summed E-state index contributed by atoms with van der Waals surface area (Å²) in [6, 6.07) is 4.43. The summed E-state index contributed by atoms with van der Waals surface area (Å²) < 4.78 is 12.0. The normalized spacial score (nSPS) is 23.7. The number of likely N-dealkylation sites (tertiary alicyclic amines) is 1. The average Bonchev–Trinajstić information content (AvgIpc) is 3.25. The van der Waals surface area contributed by atoms with E-state index in [4.69, 9.17) is 9.47 Å². The van der Waals surface area contributed by atoms with Gasteiger partial charge in [0, 0.05) is 23.0 Å². The molecule has 0 unspecified atom stereocenters. The van der Waals surface area contributed by atoms with Crippen molar-refractivity contribution >= 4 is 33.7 Å². The number of carbonyl (C=O) groups is 3. The quantitative estimate of drug-likeness (QED) is 0.752. The molecule has 3 aliphatic rings. The summed E-state index contributed by atoms with van der Waals surface area (Å²) in [6.45, 7) is 1.08. The van der Waals surface area contributed by atoms with Crippen molar-refractivity contribution in [1.82, 2.24) is 9.80 Å². The van der Waals surface area contributed by atoms with E-state index in [9.17, 15) is 19.5 Å². The lowest BCUT2D eigenvalue weighted by Crippen LogP contribution is -2.49. The van der Waals surface area contributed by atoms with Crippen molar-refractivity contribution in [2.24, 2.45) is 0 Å². The fraction of sp³-hybridized carbons (Fsp3) is 0.500. The van der Waals surface area contributed by atoms with Gasteiger partial charge in [0.15, 0.2) is 5.79 Å². The summed E-state index contributed by atoms with van der Waals surface area (Å²) in [6.07, 6.45) is 0.741. The minimum atomic E-state index is -1.10. The minimum Gasteiger partial charge on any atom is -0.480 e. The zero-order valence-electron chi connectivity index (χ0n) is 14.5. The molecule has 0 radical (unpaired) electrons. The van der Waals surface area contributed by atoms with E-state index >= 15 is 0 Å². The Morgan fingerprint density at radius 2 is 2.04 bits per heavy atom. The third-order valence-corrected chi connectivity index (χ3v) is 5.77. The molecule has 27 heavy (non-hydrogen) atoms. The maximum Gasteiger partial charge on any atom is 0.326 e. The molecule has 2 amide bonds. The van der Waals surface area contributed by atoms with E-state index in [1.54, 1.807) is 12.1 Å². The lowest BCUT2D eigenvalue weighted by atomic mass is 9.99. The van der Waals surface area contributed by atoms with E-state index in [-0.39, 0.29) is 25.4 Å². The molecule has 0 aromatic heterocycles. The van der Waals surface area contributed by atoms with Crippen LogP contribution in [0, 0.1) is 0 Å². The summed E-state index contributed by atoms with van der Waals surface area (Å²) in [7, 11) is 0. The second-order valence-corrected chi connectivity index (χ2v) is 7.88. The largest absolute Gasteiger partial charge is 0.480 e. The lowest BCUT2D eigenvalue weighted by Gasteiger charge is -2.31. The summed E-state index contributed by atoms with van der Waals surface area (Å²) in [5, 5.41) is 9.50. The Balaban J connectivity index is 1.49. The first-order valence-electron chi connectivity index (χ1n) is 8.76. The van der Waals surface area contributed by atoms with E-state index in [1.165, 1.54) is 9.80 Å². The minimum absolute atomic E-state index is 0.0639. The first-order valence-corrected chi connectivity index (χ1v) is 9.56. The van der Waals surface area contributed by atoms with Crippen LogP contribution in [0.25, 0.3) is 0 Å². The van der Waals surface area contributed by atoms with Crippen LogP contribution in [0.4, 0.5) is 0 Å². The Bertz CT molecular complexity index is 807. The fourth-order valence-corrected chi connectivity index (χ4v) is 4.35. The SMILES string of the molecule is O=C(O)[C@@H]1CC2(CN1C(=O)CN1CCc3cc(Br)ccc3C1=O)OCCO2. The maximum atomic E-state index is 12.8. The van der Waals surface area contributed by atoms with Crippen LogP contribution < -0.4 is 0 Å². The van der Waals surface area contributed by atoms with Gasteiger partial charge in [-0.3, -0.25) is 9.59 Å². The van der Waals surface area contributed by atoms with Gasteiger partial charge in [-0.1, -0.05) is 15.9 Å². The molecule has 0 bridgehead atoms. The van der Waals surface area contributed by atoms with Crippen molar-refractivity contribution in [1.29, 1.82) is 0 Å². The Hall–Kier alpha value is -1.97. The number of benzene rings is 1. The molecule has 3 aliphatic heterocycles. The molecule has 1 spiro atoms. The Labute approximate surface area is 164 Å². The molecule has 1 aromatic rings. The van der Waals surface area contributed by atoms with Crippen LogP contribution in [0.15, 0.2) is 22.7 Å². The highest BCUT2D eigenvalue weighted by molar-refractivity contribution is 9.10. The van der Waals surface area contributed by atoms with Gasteiger partial charge in [0.25, 0.3) is 5.91 Å². The topological polar surface area (TPSA) is 96.4 Å². The summed E-state index contributed by atoms with van der Waals surface area (Å²) in [5.41, 5.74) is 1.52. The second kappa shape index (κ2) is 6.88. The molecule has 2 fully saturated rings. The van der Waals surface area contributed by atoms with Crippen LogP contribution in [0.2, 0.25) is 0 Å². The van der Waals surface area contributed by atoms with Crippen molar-refractivity contribution in [3.8, 4) is 0 Å². The molecule has 8 nitrogen and oxygen atoms in total. The molecule has 2 saturated heterocycles. The number of aliphatic carboxylic acids is 1. The van der Waals surface area contributed by atoms with Gasteiger partial charge in [-0.2, -0.15) is 0 Å². The molecular weight excluding hydrogens is 420 g/mol. The van der Waals surface area contributed by atoms with Gasteiger partial charge in [-0.15, -0.1) is 0 Å². The lowest BCUT2D eigenvalue weighted by molar-refractivity contribution is -0.152. The summed E-state index contributed by atoms with van der Waals surface area (Å²) >= 11 is 3.39.